The Morgan fingerprint density at radius 2 is 2.13 bits per heavy atom. The van der Waals surface area contributed by atoms with Crippen molar-refractivity contribution >= 4 is 11.6 Å². The summed E-state index contributed by atoms with van der Waals surface area (Å²) >= 11 is 0. The number of nitrogens with one attached hydrogen (secondary N) is 1. The smallest absolute Gasteiger partial charge is 0.224 e. The van der Waals surface area contributed by atoms with E-state index in [2.05, 4.69) is 5.32 Å². The Bertz CT molecular complexity index is 350. The van der Waals surface area contributed by atoms with Gasteiger partial charge < -0.3 is 15.5 Å². The number of benzene rings is 1. The number of hydrogen-bond donors (Lipinski definition) is 3. The summed E-state index contributed by atoms with van der Waals surface area (Å²) in [5, 5.41) is 21.0. The number of unbranched alkanes of at least 4 members (excludes halogenated alkanes) is 1. The third kappa shape index (κ3) is 3.50. The van der Waals surface area contributed by atoms with Gasteiger partial charge >= 0.3 is 0 Å². The van der Waals surface area contributed by atoms with E-state index in [0.717, 1.165) is 12.8 Å². The molecular weight excluding hydrogens is 194 g/mol. The second-order valence-corrected chi connectivity index (χ2v) is 3.35. The first-order valence-corrected chi connectivity index (χ1v) is 4.95. The maximum Gasteiger partial charge on any atom is 0.224 e. The summed E-state index contributed by atoms with van der Waals surface area (Å²) in [6.45, 7) is 2.01. The molecule has 0 aliphatic rings. The predicted molar refractivity (Wildman–Crippen MR) is 57.9 cm³/mol. The highest BCUT2D eigenvalue weighted by molar-refractivity contribution is 5.92. The Hall–Kier alpha value is -1.71. The van der Waals surface area contributed by atoms with Crippen LogP contribution < -0.4 is 5.32 Å². The van der Waals surface area contributed by atoms with Crippen molar-refractivity contribution in [3.8, 4) is 11.5 Å². The van der Waals surface area contributed by atoms with Crippen molar-refractivity contribution in [2.75, 3.05) is 5.32 Å². The van der Waals surface area contributed by atoms with Gasteiger partial charge in [0, 0.05) is 12.5 Å². The van der Waals surface area contributed by atoms with E-state index in [9.17, 15) is 9.90 Å². The Morgan fingerprint density at radius 1 is 1.40 bits per heavy atom. The minimum atomic E-state index is -0.127. The lowest BCUT2D eigenvalue weighted by molar-refractivity contribution is -0.116. The number of phenolic OH excluding ortho intramolecular Hbond substituents is 2. The predicted octanol–water partition coefficient (Wildman–Crippen LogP) is 2.23. The molecule has 0 spiro atoms. The molecule has 15 heavy (non-hydrogen) atoms. The van der Waals surface area contributed by atoms with Gasteiger partial charge in [-0.05, 0) is 18.6 Å². The molecule has 0 fully saturated rings. The molecule has 1 aromatic rings. The van der Waals surface area contributed by atoms with Gasteiger partial charge in [0.25, 0.3) is 0 Å². The second kappa shape index (κ2) is 5.24. The largest absolute Gasteiger partial charge is 0.508 e. The normalized spacial score (nSPS) is 9.93. The summed E-state index contributed by atoms with van der Waals surface area (Å²) in [5.41, 5.74) is 0.328. The standard InChI is InChI=1S/C11H15NO3/c1-2-3-4-11(15)12-9-6-5-8(13)7-10(9)14/h5-7,13-14H,2-4H2,1H3,(H,12,15). The number of rotatable bonds is 4. The van der Waals surface area contributed by atoms with E-state index in [0.29, 0.717) is 12.1 Å². The molecule has 1 aromatic carbocycles. The van der Waals surface area contributed by atoms with Gasteiger partial charge in [-0.3, -0.25) is 4.79 Å². The zero-order valence-electron chi connectivity index (χ0n) is 8.66. The zero-order valence-corrected chi connectivity index (χ0v) is 8.66. The van der Waals surface area contributed by atoms with Gasteiger partial charge in [-0.15, -0.1) is 0 Å². The van der Waals surface area contributed by atoms with Crippen molar-refractivity contribution in [2.24, 2.45) is 0 Å². The SMILES string of the molecule is CCCCC(=O)Nc1ccc(O)cc1O. The first-order chi connectivity index (χ1) is 7.13. The van der Waals surface area contributed by atoms with Crippen LogP contribution in [0.25, 0.3) is 0 Å². The van der Waals surface area contributed by atoms with Crippen molar-refractivity contribution in [2.45, 2.75) is 26.2 Å². The van der Waals surface area contributed by atoms with Crippen LogP contribution in [0.3, 0.4) is 0 Å². The van der Waals surface area contributed by atoms with Crippen molar-refractivity contribution in [1.82, 2.24) is 0 Å². The topological polar surface area (TPSA) is 69.6 Å². The van der Waals surface area contributed by atoms with Crippen LogP contribution in [0.1, 0.15) is 26.2 Å². The quantitative estimate of drug-likeness (QED) is 0.526. The van der Waals surface area contributed by atoms with E-state index < -0.39 is 0 Å². The third-order valence-corrected chi connectivity index (χ3v) is 2.01. The van der Waals surface area contributed by atoms with Gasteiger partial charge in [0.1, 0.15) is 11.5 Å². The van der Waals surface area contributed by atoms with Gasteiger partial charge in [-0.1, -0.05) is 13.3 Å². The summed E-state index contributed by atoms with van der Waals surface area (Å²) in [6.07, 6.45) is 2.22. The Labute approximate surface area is 88.6 Å². The molecule has 0 bridgehead atoms. The lowest BCUT2D eigenvalue weighted by atomic mass is 10.2. The van der Waals surface area contributed by atoms with Crippen LogP contribution in [0.4, 0.5) is 5.69 Å². The second-order valence-electron chi connectivity index (χ2n) is 3.35. The van der Waals surface area contributed by atoms with E-state index >= 15 is 0 Å². The van der Waals surface area contributed by atoms with Crippen LogP contribution >= 0.6 is 0 Å². The van der Waals surface area contributed by atoms with Crippen LogP contribution in [0.5, 0.6) is 11.5 Å². The molecule has 0 atom stereocenters. The molecule has 0 heterocycles. The maximum absolute atomic E-state index is 11.3. The average molecular weight is 209 g/mol. The van der Waals surface area contributed by atoms with Gasteiger partial charge in [0.15, 0.2) is 0 Å². The summed E-state index contributed by atoms with van der Waals surface area (Å²) < 4.78 is 0. The van der Waals surface area contributed by atoms with Crippen LogP contribution in [0.15, 0.2) is 18.2 Å². The third-order valence-electron chi connectivity index (χ3n) is 2.01. The molecule has 1 amide bonds. The Balaban J connectivity index is 2.60. The van der Waals surface area contributed by atoms with Crippen LogP contribution in [-0.2, 0) is 4.79 Å². The van der Waals surface area contributed by atoms with E-state index in [1.165, 1.54) is 18.2 Å². The molecule has 4 heteroatoms. The van der Waals surface area contributed by atoms with Crippen LogP contribution in [0, 0.1) is 0 Å². The minimum Gasteiger partial charge on any atom is -0.508 e. The summed E-state index contributed by atoms with van der Waals surface area (Å²) in [7, 11) is 0. The molecule has 0 aliphatic carbocycles. The summed E-state index contributed by atoms with van der Waals surface area (Å²) in [5.74, 6) is -0.281. The highest BCUT2D eigenvalue weighted by Crippen LogP contribution is 2.27. The van der Waals surface area contributed by atoms with Gasteiger partial charge in [-0.25, -0.2) is 0 Å². The fourth-order valence-corrected chi connectivity index (χ4v) is 1.18. The number of anilines is 1. The van der Waals surface area contributed by atoms with Crippen LogP contribution in [0.2, 0.25) is 0 Å². The number of amides is 1. The molecule has 1 rings (SSSR count). The number of carbonyl (C=O) groups excluding carboxylic acids is 1. The number of phenols is 2. The number of aromatic hydroxyl groups is 2. The number of carbonyl (C=O) groups is 1. The molecule has 0 saturated carbocycles. The van der Waals surface area contributed by atoms with Crippen molar-refractivity contribution in [3.63, 3.8) is 0 Å². The summed E-state index contributed by atoms with van der Waals surface area (Å²) in [4.78, 5) is 11.3. The summed E-state index contributed by atoms with van der Waals surface area (Å²) in [6, 6.07) is 4.07. The van der Waals surface area contributed by atoms with E-state index in [1.54, 1.807) is 0 Å². The minimum absolute atomic E-state index is 0.0287. The maximum atomic E-state index is 11.3. The molecule has 0 aliphatic heterocycles. The molecular formula is C11H15NO3. The Kier molecular flexibility index (Phi) is 3.97. The number of hydrogen-bond acceptors (Lipinski definition) is 3. The fourth-order valence-electron chi connectivity index (χ4n) is 1.18. The molecule has 0 aromatic heterocycles. The highest BCUT2D eigenvalue weighted by Gasteiger charge is 2.06. The van der Waals surface area contributed by atoms with E-state index in [1.807, 2.05) is 6.92 Å². The molecule has 0 saturated heterocycles. The average Bonchev–Trinajstić information content (AvgIpc) is 2.19. The lowest BCUT2D eigenvalue weighted by Crippen LogP contribution is -2.10. The molecule has 0 unspecified atom stereocenters. The first kappa shape index (κ1) is 11.4. The van der Waals surface area contributed by atoms with E-state index in [-0.39, 0.29) is 17.4 Å². The van der Waals surface area contributed by atoms with E-state index in [4.69, 9.17) is 5.11 Å². The van der Waals surface area contributed by atoms with Gasteiger partial charge in [0.05, 0.1) is 5.69 Å². The zero-order chi connectivity index (χ0) is 11.3. The van der Waals surface area contributed by atoms with Crippen molar-refractivity contribution < 1.29 is 15.0 Å². The highest BCUT2D eigenvalue weighted by atomic mass is 16.3. The molecule has 4 nitrogen and oxygen atoms in total. The lowest BCUT2D eigenvalue weighted by Gasteiger charge is -2.06. The molecule has 3 N–H and O–H groups in total. The van der Waals surface area contributed by atoms with Gasteiger partial charge in [0.2, 0.25) is 5.91 Å². The first-order valence-electron chi connectivity index (χ1n) is 4.95. The molecule has 82 valence electrons. The molecule has 0 radical (unpaired) electrons. The Morgan fingerprint density at radius 3 is 2.73 bits per heavy atom. The van der Waals surface area contributed by atoms with Crippen molar-refractivity contribution in [1.29, 1.82) is 0 Å². The van der Waals surface area contributed by atoms with Gasteiger partial charge in [-0.2, -0.15) is 0 Å². The fraction of sp³-hybridized carbons (Fsp3) is 0.364. The van der Waals surface area contributed by atoms with Crippen molar-refractivity contribution in [3.05, 3.63) is 18.2 Å². The van der Waals surface area contributed by atoms with Crippen LogP contribution in [-0.4, -0.2) is 16.1 Å². The monoisotopic (exact) mass is 209 g/mol.